The fraction of sp³-hybridized carbons (Fsp3) is 0.379. The lowest BCUT2D eigenvalue weighted by Crippen LogP contribution is -2.31. The van der Waals surface area contributed by atoms with Crippen LogP contribution in [0.3, 0.4) is 0 Å². The van der Waals surface area contributed by atoms with Crippen molar-refractivity contribution in [1.29, 1.82) is 0 Å². The first-order chi connectivity index (χ1) is 33.3. The first-order valence-electron chi connectivity index (χ1n) is 23.3. The third-order valence-electron chi connectivity index (χ3n) is 12.0. The second kappa shape index (κ2) is 26.1. The molecule has 0 amide bonds. The summed E-state index contributed by atoms with van der Waals surface area (Å²) in [5.41, 5.74) is 0.352. The van der Waals surface area contributed by atoms with Crippen molar-refractivity contribution in [2.45, 2.75) is 137 Å². The van der Waals surface area contributed by atoms with Gasteiger partial charge in [-0.2, -0.15) is 13.2 Å². The van der Waals surface area contributed by atoms with Crippen LogP contribution in [0.25, 0.3) is 0 Å². The van der Waals surface area contributed by atoms with Crippen LogP contribution in [0, 0.1) is 23.4 Å². The van der Waals surface area contributed by atoms with E-state index in [1.165, 1.54) is 55.5 Å². The highest BCUT2D eigenvalue weighted by atomic mass is 19.4. The van der Waals surface area contributed by atoms with Gasteiger partial charge in [-0.25, -0.2) is 32.3 Å². The van der Waals surface area contributed by atoms with E-state index in [0.717, 1.165) is 41.7 Å². The summed E-state index contributed by atoms with van der Waals surface area (Å²) < 4.78 is 97.8. The van der Waals surface area contributed by atoms with Gasteiger partial charge >= 0.3 is 30.1 Å². The van der Waals surface area contributed by atoms with E-state index in [1.54, 1.807) is 77.9 Å². The van der Waals surface area contributed by atoms with Crippen LogP contribution in [0.1, 0.15) is 136 Å². The summed E-state index contributed by atoms with van der Waals surface area (Å²) in [6.45, 7) is 33.2. The second-order valence-electron chi connectivity index (χ2n) is 18.5. The second-order valence-corrected chi connectivity index (χ2v) is 18.5. The highest BCUT2D eigenvalue weighted by Crippen LogP contribution is 2.48. The van der Waals surface area contributed by atoms with Gasteiger partial charge in [0.25, 0.3) is 0 Å². The van der Waals surface area contributed by atoms with Crippen molar-refractivity contribution in [3.8, 4) is 0 Å². The summed E-state index contributed by atoms with van der Waals surface area (Å²) in [6.07, 6.45) is -0.453. The van der Waals surface area contributed by atoms with Gasteiger partial charge in [-0.3, -0.25) is 0 Å². The summed E-state index contributed by atoms with van der Waals surface area (Å²) in [4.78, 5) is 46.5. The Bertz CT molecular complexity index is 2450. The Morgan fingerprint density at radius 1 is 0.458 bits per heavy atom. The number of hydrogen-bond acceptors (Lipinski definition) is 8. The van der Waals surface area contributed by atoms with Crippen molar-refractivity contribution in [3.05, 3.63) is 191 Å². The van der Waals surface area contributed by atoms with Gasteiger partial charge in [-0.05, 0) is 158 Å². The third kappa shape index (κ3) is 17.9. The van der Waals surface area contributed by atoms with Crippen LogP contribution in [0.4, 0.5) is 26.3 Å². The van der Waals surface area contributed by atoms with E-state index in [2.05, 4.69) is 26.3 Å². The molecule has 1 saturated carbocycles. The lowest BCUT2D eigenvalue weighted by Gasteiger charge is -2.32. The van der Waals surface area contributed by atoms with Crippen molar-refractivity contribution in [3.63, 3.8) is 0 Å². The van der Waals surface area contributed by atoms with E-state index >= 15 is 0 Å². The zero-order valence-electron chi connectivity index (χ0n) is 43.2. The van der Waals surface area contributed by atoms with Crippen LogP contribution in [0.5, 0.6) is 0 Å². The maximum Gasteiger partial charge on any atom is 0.416 e. The maximum absolute atomic E-state index is 13.0. The number of rotatable bonds is 16. The van der Waals surface area contributed by atoms with Gasteiger partial charge in [-0.1, -0.05) is 95.6 Å². The molecule has 0 spiro atoms. The predicted molar refractivity (Wildman–Crippen MR) is 267 cm³/mol. The molecule has 4 aromatic carbocycles. The third-order valence-corrected chi connectivity index (χ3v) is 12.0. The number of carbonyl (C=O) groups excluding carboxylic acids is 4. The highest BCUT2D eigenvalue weighted by Gasteiger charge is 2.46. The predicted octanol–water partition coefficient (Wildman–Crippen LogP) is 15.2. The summed E-state index contributed by atoms with van der Waals surface area (Å²) in [6, 6.07) is 22.7. The number of carbonyl (C=O) groups is 4. The van der Waals surface area contributed by atoms with Crippen LogP contribution in [-0.4, -0.2) is 23.9 Å². The van der Waals surface area contributed by atoms with E-state index in [-0.39, 0.29) is 23.0 Å². The Kier molecular flexibility index (Phi) is 22.3. The molecule has 0 aromatic heterocycles. The number of halogens is 6. The molecule has 5 rings (SSSR count). The number of hydrogen-bond donors (Lipinski definition) is 0. The maximum atomic E-state index is 13.0. The van der Waals surface area contributed by atoms with E-state index < -0.39 is 58.0 Å². The van der Waals surface area contributed by atoms with E-state index in [4.69, 9.17) is 18.9 Å². The Labute approximate surface area is 420 Å². The standard InChI is InChI=1S/C15H17FO2.C15H19FO2.C14H15F3O2.C14H17FO2/c1-10(2)14(17)18-15(3,11-4-5-11)12-6-8-13(16)9-7-12;1-5-15(6-2,18-14(17)11(3)4)12-7-9-13(16)10-8-12;1-9(2)12(18)19-13(3,4)10-5-7-11(8-6-10)14(15,16)17;1-5-14(4,17-13(16)10(2)3)11-6-8-12(15)9-7-11/h6-9,11H,1,4-5H2,2-3H3;7-10H,3,5-6H2,1-2,4H3;5-8H,1H2,2-4H3;6-9H,2,5H2,1,3-4H3. The van der Waals surface area contributed by atoms with Crippen molar-refractivity contribution in [2.24, 2.45) is 5.92 Å². The van der Waals surface area contributed by atoms with Gasteiger partial charge in [0, 0.05) is 28.2 Å². The minimum absolute atomic E-state index is 0.236. The lowest BCUT2D eigenvalue weighted by molar-refractivity contribution is -0.158. The largest absolute Gasteiger partial charge is 0.451 e. The molecule has 2 unspecified atom stereocenters. The van der Waals surface area contributed by atoms with Crippen LogP contribution >= 0.6 is 0 Å². The topological polar surface area (TPSA) is 105 Å². The van der Waals surface area contributed by atoms with E-state index in [1.807, 2.05) is 27.7 Å². The number of ether oxygens (including phenoxy) is 4. The Balaban J connectivity index is 0.000000329. The fourth-order valence-electron chi connectivity index (χ4n) is 6.82. The van der Waals surface area contributed by atoms with Gasteiger partial charge < -0.3 is 18.9 Å². The SMILES string of the molecule is C=C(C)C(=O)OC(C)(C)c1ccc(C(F)(F)F)cc1.C=C(C)C(=O)OC(C)(CC)c1ccc(F)cc1.C=C(C)C(=O)OC(C)(c1ccc(F)cc1)C1CC1.C=C(C)C(=O)OC(CC)(CC)c1ccc(F)cc1. The molecule has 1 fully saturated rings. The smallest absolute Gasteiger partial charge is 0.416 e. The lowest BCUT2D eigenvalue weighted by atomic mass is 9.88. The van der Waals surface area contributed by atoms with Gasteiger partial charge in [0.2, 0.25) is 0 Å². The van der Waals surface area contributed by atoms with Gasteiger partial charge in [0.05, 0.1) is 5.56 Å². The molecule has 72 heavy (non-hydrogen) atoms. The molecule has 1 aliphatic rings. The molecular formula is C58H68F6O8. The van der Waals surface area contributed by atoms with Gasteiger partial charge in [0.1, 0.15) is 39.9 Å². The van der Waals surface area contributed by atoms with E-state index in [0.29, 0.717) is 47.5 Å². The van der Waals surface area contributed by atoms with Crippen LogP contribution in [-0.2, 0) is 66.7 Å². The zero-order chi connectivity index (χ0) is 55.0. The molecule has 390 valence electrons. The van der Waals surface area contributed by atoms with Crippen molar-refractivity contribution in [2.75, 3.05) is 0 Å². The van der Waals surface area contributed by atoms with Gasteiger partial charge in [-0.15, -0.1) is 0 Å². The van der Waals surface area contributed by atoms with Crippen LogP contribution in [0.2, 0.25) is 0 Å². The van der Waals surface area contributed by atoms with Crippen LogP contribution < -0.4 is 0 Å². The zero-order valence-corrected chi connectivity index (χ0v) is 43.2. The molecule has 1 aliphatic carbocycles. The van der Waals surface area contributed by atoms with Crippen molar-refractivity contribution in [1.82, 2.24) is 0 Å². The Hall–Kier alpha value is -6.70. The number of alkyl halides is 3. The average molecular weight is 1010 g/mol. The van der Waals surface area contributed by atoms with Gasteiger partial charge in [0.15, 0.2) is 0 Å². The Morgan fingerprint density at radius 3 is 1.12 bits per heavy atom. The molecule has 0 radical (unpaired) electrons. The number of benzene rings is 4. The highest BCUT2D eigenvalue weighted by molar-refractivity contribution is 5.88. The molecule has 0 saturated heterocycles. The molecule has 2 atom stereocenters. The summed E-state index contributed by atoms with van der Waals surface area (Å²) in [5, 5.41) is 0. The van der Waals surface area contributed by atoms with Crippen LogP contribution in [0.15, 0.2) is 146 Å². The summed E-state index contributed by atoms with van der Waals surface area (Å²) >= 11 is 0. The molecule has 4 aromatic rings. The van der Waals surface area contributed by atoms with E-state index in [9.17, 15) is 45.5 Å². The minimum Gasteiger partial charge on any atom is -0.451 e. The molecule has 14 heteroatoms. The summed E-state index contributed by atoms with van der Waals surface area (Å²) in [5.74, 6) is -2.40. The Morgan fingerprint density at radius 2 is 0.778 bits per heavy atom. The normalized spacial score (nSPS) is 13.7. The molecule has 0 N–H and O–H groups in total. The molecule has 8 nitrogen and oxygen atoms in total. The quantitative estimate of drug-likeness (QED) is 0.0473. The minimum atomic E-state index is -4.38. The molecule has 0 bridgehead atoms. The summed E-state index contributed by atoms with van der Waals surface area (Å²) in [7, 11) is 0. The molecular weight excluding hydrogens is 939 g/mol. The van der Waals surface area contributed by atoms with Crippen molar-refractivity contribution >= 4 is 23.9 Å². The fourth-order valence-corrected chi connectivity index (χ4v) is 6.82. The molecule has 0 heterocycles. The molecule has 0 aliphatic heterocycles. The first-order valence-corrected chi connectivity index (χ1v) is 23.3. The van der Waals surface area contributed by atoms with Crippen molar-refractivity contribution < 1.29 is 64.5 Å². The average Bonchev–Trinajstić information content (AvgIpc) is 4.18. The number of esters is 4. The first kappa shape index (κ1) is 61.4. The monoisotopic (exact) mass is 1010 g/mol.